The topological polar surface area (TPSA) is 59.9 Å². The van der Waals surface area contributed by atoms with Crippen molar-refractivity contribution in [3.8, 4) is 11.6 Å². The van der Waals surface area contributed by atoms with Crippen LogP contribution in [0.15, 0.2) is 24.5 Å². The molecule has 0 fully saturated rings. The zero-order valence-electron chi connectivity index (χ0n) is 9.44. The highest BCUT2D eigenvalue weighted by Crippen LogP contribution is 2.28. The number of aryl methyl sites for hydroxylation is 1. The first-order chi connectivity index (χ1) is 8.20. The largest absolute Gasteiger partial charge is 0.435 e. The summed E-state index contributed by atoms with van der Waals surface area (Å²) in [6, 6.07) is 3.59. The van der Waals surface area contributed by atoms with E-state index in [4.69, 9.17) is 16.3 Å². The Kier molecular flexibility index (Phi) is 3.39. The number of aromatic nitrogens is 3. The Hall–Kier alpha value is -1.88. The van der Waals surface area contributed by atoms with Crippen LogP contribution in [0.2, 0.25) is 5.02 Å². The number of rotatable bonds is 3. The van der Waals surface area contributed by atoms with Crippen molar-refractivity contribution in [2.45, 2.75) is 6.92 Å². The Morgan fingerprint density at radius 1 is 1.35 bits per heavy atom. The molecular weight excluding hydrogens is 240 g/mol. The highest BCUT2D eigenvalue weighted by atomic mass is 35.5. The number of nitrogens with zero attached hydrogens (tertiary/aromatic N) is 3. The summed E-state index contributed by atoms with van der Waals surface area (Å²) in [6.45, 7) is 1.85. The van der Waals surface area contributed by atoms with E-state index >= 15 is 0 Å². The predicted molar refractivity (Wildman–Crippen MR) is 65.6 cm³/mol. The molecule has 0 aliphatic rings. The summed E-state index contributed by atoms with van der Waals surface area (Å²) in [6.07, 6.45) is 3.18. The van der Waals surface area contributed by atoms with Crippen molar-refractivity contribution in [2.75, 3.05) is 12.4 Å². The zero-order chi connectivity index (χ0) is 12.3. The van der Waals surface area contributed by atoms with Crippen molar-refractivity contribution in [3.63, 3.8) is 0 Å². The van der Waals surface area contributed by atoms with Gasteiger partial charge >= 0.3 is 0 Å². The van der Waals surface area contributed by atoms with Crippen LogP contribution in [0.5, 0.6) is 11.6 Å². The van der Waals surface area contributed by atoms with Crippen LogP contribution in [0.25, 0.3) is 0 Å². The first kappa shape index (κ1) is 11.6. The van der Waals surface area contributed by atoms with Gasteiger partial charge in [0.15, 0.2) is 5.75 Å². The van der Waals surface area contributed by atoms with Crippen molar-refractivity contribution in [1.29, 1.82) is 0 Å². The van der Waals surface area contributed by atoms with E-state index in [9.17, 15) is 0 Å². The van der Waals surface area contributed by atoms with Crippen molar-refractivity contribution in [1.82, 2.24) is 15.0 Å². The van der Waals surface area contributed by atoms with E-state index in [-0.39, 0.29) is 0 Å². The van der Waals surface area contributed by atoms with Crippen LogP contribution in [0.1, 0.15) is 5.69 Å². The SMILES string of the molecule is CNc1ncc(Cl)c(Oc2cccnc2C)n1. The lowest BCUT2D eigenvalue weighted by Crippen LogP contribution is -1.99. The molecule has 0 bridgehead atoms. The highest BCUT2D eigenvalue weighted by molar-refractivity contribution is 6.31. The van der Waals surface area contributed by atoms with Gasteiger partial charge in [0.2, 0.25) is 11.8 Å². The minimum absolute atomic E-state index is 0.308. The first-order valence-electron chi connectivity index (χ1n) is 5.00. The molecule has 2 aromatic heterocycles. The Morgan fingerprint density at radius 3 is 2.88 bits per heavy atom. The molecule has 6 heteroatoms. The summed E-state index contributed by atoms with van der Waals surface area (Å²) < 4.78 is 5.60. The van der Waals surface area contributed by atoms with E-state index in [0.717, 1.165) is 5.69 Å². The Bertz CT molecular complexity index is 533. The fourth-order valence-corrected chi connectivity index (χ4v) is 1.35. The molecule has 88 valence electrons. The van der Waals surface area contributed by atoms with Gasteiger partial charge in [-0.15, -0.1) is 0 Å². The second kappa shape index (κ2) is 4.97. The smallest absolute Gasteiger partial charge is 0.243 e. The fraction of sp³-hybridized carbons (Fsp3) is 0.182. The standard InChI is InChI=1S/C11H11ClN4O/c1-7-9(4-3-5-14-7)17-10-8(12)6-15-11(13-2)16-10/h3-6H,1-2H3,(H,13,15,16). The van der Waals surface area contributed by atoms with Gasteiger partial charge in [0.25, 0.3) is 0 Å². The average molecular weight is 251 g/mol. The third-order valence-electron chi connectivity index (χ3n) is 2.10. The molecule has 0 unspecified atom stereocenters. The third-order valence-corrected chi connectivity index (χ3v) is 2.36. The molecule has 0 aliphatic carbocycles. The molecule has 0 spiro atoms. The van der Waals surface area contributed by atoms with Gasteiger partial charge < -0.3 is 10.1 Å². The van der Waals surface area contributed by atoms with Gasteiger partial charge in [0.05, 0.1) is 11.9 Å². The van der Waals surface area contributed by atoms with E-state index in [0.29, 0.717) is 22.6 Å². The van der Waals surface area contributed by atoms with Crippen molar-refractivity contribution >= 4 is 17.5 Å². The van der Waals surface area contributed by atoms with Crippen molar-refractivity contribution in [3.05, 3.63) is 35.2 Å². The zero-order valence-corrected chi connectivity index (χ0v) is 10.2. The summed E-state index contributed by atoms with van der Waals surface area (Å²) >= 11 is 5.96. The maximum atomic E-state index is 5.96. The van der Waals surface area contributed by atoms with Gasteiger partial charge in [-0.3, -0.25) is 4.98 Å². The lowest BCUT2D eigenvalue weighted by molar-refractivity contribution is 0.456. The molecule has 0 saturated carbocycles. The van der Waals surface area contributed by atoms with Crippen LogP contribution >= 0.6 is 11.6 Å². The summed E-state index contributed by atoms with van der Waals surface area (Å²) in [4.78, 5) is 12.2. The summed E-state index contributed by atoms with van der Waals surface area (Å²) in [5, 5.41) is 3.17. The summed E-state index contributed by atoms with van der Waals surface area (Å²) in [5.74, 6) is 1.38. The lowest BCUT2D eigenvalue weighted by Gasteiger charge is -2.08. The normalized spacial score (nSPS) is 10.1. The van der Waals surface area contributed by atoms with E-state index < -0.39 is 0 Å². The predicted octanol–water partition coefficient (Wildman–Crippen LogP) is 2.67. The quantitative estimate of drug-likeness (QED) is 0.908. The van der Waals surface area contributed by atoms with E-state index in [1.165, 1.54) is 6.20 Å². The monoisotopic (exact) mass is 250 g/mol. The first-order valence-corrected chi connectivity index (χ1v) is 5.38. The second-order valence-electron chi connectivity index (χ2n) is 3.29. The van der Waals surface area contributed by atoms with E-state index in [1.54, 1.807) is 25.4 Å². The van der Waals surface area contributed by atoms with Crippen LogP contribution in [-0.4, -0.2) is 22.0 Å². The van der Waals surface area contributed by atoms with Gasteiger partial charge in [-0.1, -0.05) is 11.6 Å². The fourth-order valence-electron chi connectivity index (χ4n) is 1.23. The van der Waals surface area contributed by atoms with Crippen LogP contribution < -0.4 is 10.1 Å². The number of hydrogen-bond donors (Lipinski definition) is 1. The molecule has 0 amide bonds. The number of nitrogens with one attached hydrogen (secondary N) is 1. The van der Waals surface area contributed by atoms with Gasteiger partial charge in [-0.25, -0.2) is 4.98 Å². The van der Waals surface area contributed by atoms with Gasteiger partial charge in [0.1, 0.15) is 5.02 Å². The van der Waals surface area contributed by atoms with Crippen molar-refractivity contribution < 1.29 is 4.74 Å². The molecule has 0 saturated heterocycles. The van der Waals surface area contributed by atoms with Gasteiger partial charge in [-0.2, -0.15) is 4.98 Å². The van der Waals surface area contributed by atoms with Gasteiger partial charge in [-0.05, 0) is 19.1 Å². The number of pyridine rings is 1. The molecule has 0 radical (unpaired) electrons. The molecule has 2 rings (SSSR count). The van der Waals surface area contributed by atoms with Crippen LogP contribution in [0.4, 0.5) is 5.95 Å². The van der Waals surface area contributed by atoms with Crippen LogP contribution in [-0.2, 0) is 0 Å². The second-order valence-corrected chi connectivity index (χ2v) is 3.69. The van der Waals surface area contributed by atoms with Crippen molar-refractivity contribution in [2.24, 2.45) is 0 Å². The van der Waals surface area contributed by atoms with Crippen LogP contribution in [0, 0.1) is 6.92 Å². The van der Waals surface area contributed by atoms with E-state index in [1.807, 2.05) is 6.92 Å². The third kappa shape index (κ3) is 2.62. The number of ether oxygens (including phenoxy) is 1. The lowest BCUT2D eigenvalue weighted by atomic mass is 10.3. The molecule has 0 aromatic carbocycles. The maximum absolute atomic E-state index is 5.96. The summed E-state index contributed by atoms with van der Waals surface area (Å²) in [5.41, 5.74) is 0.771. The molecule has 2 heterocycles. The van der Waals surface area contributed by atoms with E-state index in [2.05, 4.69) is 20.3 Å². The minimum Gasteiger partial charge on any atom is -0.435 e. The Balaban J connectivity index is 2.32. The maximum Gasteiger partial charge on any atom is 0.243 e. The molecule has 0 aliphatic heterocycles. The van der Waals surface area contributed by atoms with Gasteiger partial charge in [0, 0.05) is 13.2 Å². The molecule has 1 N–H and O–H groups in total. The molecule has 17 heavy (non-hydrogen) atoms. The highest BCUT2D eigenvalue weighted by Gasteiger charge is 2.09. The number of hydrogen-bond acceptors (Lipinski definition) is 5. The molecule has 0 atom stereocenters. The number of anilines is 1. The Morgan fingerprint density at radius 2 is 2.18 bits per heavy atom. The minimum atomic E-state index is 0.308. The molecular formula is C11H11ClN4O. The Labute approximate surface area is 104 Å². The number of halogens is 1. The summed E-state index contributed by atoms with van der Waals surface area (Å²) in [7, 11) is 1.72. The van der Waals surface area contributed by atoms with Crippen LogP contribution in [0.3, 0.4) is 0 Å². The molecule has 5 nitrogen and oxygen atoms in total. The average Bonchev–Trinajstić information content (AvgIpc) is 2.35. The molecule has 2 aromatic rings.